The van der Waals surface area contributed by atoms with E-state index < -0.39 is 11.1 Å². The second kappa shape index (κ2) is 7.07. The van der Waals surface area contributed by atoms with Crippen molar-refractivity contribution in [3.05, 3.63) is 0 Å². The van der Waals surface area contributed by atoms with E-state index >= 15 is 0 Å². The molecular formula is C17H31N3O3. The van der Waals surface area contributed by atoms with Crippen molar-refractivity contribution >= 4 is 12.0 Å². The van der Waals surface area contributed by atoms with Gasteiger partial charge in [0.1, 0.15) is 11.1 Å². The lowest BCUT2D eigenvalue weighted by Gasteiger charge is -2.44. The number of nitrogens with one attached hydrogen (secondary N) is 1. The predicted molar refractivity (Wildman–Crippen MR) is 89.0 cm³/mol. The first-order valence-corrected chi connectivity index (χ1v) is 8.77. The lowest BCUT2D eigenvalue weighted by molar-refractivity contribution is -0.127. The van der Waals surface area contributed by atoms with Crippen LogP contribution in [0.25, 0.3) is 0 Å². The highest BCUT2D eigenvalue weighted by Crippen LogP contribution is 2.27. The number of hydrogen-bond donors (Lipinski definition) is 2. The summed E-state index contributed by atoms with van der Waals surface area (Å²) >= 11 is 0. The van der Waals surface area contributed by atoms with E-state index in [0.29, 0.717) is 25.6 Å². The third-order valence-corrected chi connectivity index (χ3v) is 4.70. The van der Waals surface area contributed by atoms with Crippen molar-refractivity contribution < 1.29 is 14.3 Å². The molecule has 6 nitrogen and oxygen atoms in total. The molecule has 0 aromatic carbocycles. The number of primary amides is 1. The van der Waals surface area contributed by atoms with Gasteiger partial charge in [-0.25, -0.2) is 4.79 Å². The van der Waals surface area contributed by atoms with Crippen LogP contribution in [0.3, 0.4) is 0 Å². The summed E-state index contributed by atoms with van der Waals surface area (Å²) < 4.78 is 5.45. The molecule has 1 heterocycles. The molecule has 0 spiro atoms. The highest BCUT2D eigenvalue weighted by atomic mass is 16.6. The van der Waals surface area contributed by atoms with Gasteiger partial charge in [0.05, 0.1) is 6.54 Å². The molecule has 6 heteroatoms. The number of hydrogen-bond acceptors (Lipinski definition) is 4. The van der Waals surface area contributed by atoms with Gasteiger partial charge in [0, 0.05) is 12.6 Å². The lowest BCUT2D eigenvalue weighted by atomic mass is 9.85. The van der Waals surface area contributed by atoms with Gasteiger partial charge in [0.15, 0.2) is 0 Å². The number of carbonyl (C=O) groups is 2. The molecule has 3 N–H and O–H groups in total. The van der Waals surface area contributed by atoms with E-state index in [-0.39, 0.29) is 12.0 Å². The Morgan fingerprint density at radius 3 is 2.39 bits per heavy atom. The fourth-order valence-electron chi connectivity index (χ4n) is 3.57. The number of likely N-dealkylation sites (tertiary alicyclic amines) is 1. The summed E-state index contributed by atoms with van der Waals surface area (Å²) in [4.78, 5) is 26.1. The highest BCUT2D eigenvalue weighted by Gasteiger charge is 2.44. The van der Waals surface area contributed by atoms with E-state index in [1.165, 1.54) is 19.3 Å². The van der Waals surface area contributed by atoms with Crippen molar-refractivity contribution in [2.24, 2.45) is 5.73 Å². The average Bonchev–Trinajstić information content (AvgIpc) is 2.46. The van der Waals surface area contributed by atoms with Crippen LogP contribution in [-0.4, -0.2) is 47.2 Å². The molecule has 132 valence electrons. The minimum absolute atomic E-state index is 0.299. The molecule has 1 aliphatic heterocycles. The molecule has 2 aliphatic rings. The summed E-state index contributed by atoms with van der Waals surface area (Å²) in [6, 6.07) is 0.315. The number of ether oxygens (including phenoxy) is 1. The molecule has 2 rings (SSSR count). The minimum Gasteiger partial charge on any atom is -0.444 e. The molecule has 1 saturated heterocycles. The van der Waals surface area contributed by atoms with Crippen molar-refractivity contribution in [3.8, 4) is 0 Å². The van der Waals surface area contributed by atoms with Crippen LogP contribution < -0.4 is 11.1 Å². The molecule has 0 radical (unpaired) electrons. The number of nitrogens with two attached hydrogens (primary N) is 1. The topological polar surface area (TPSA) is 84.7 Å². The molecule has 1 saturated carbocycles. The first-order chi connectivity index (χ1) is 10.7. The Morgan fingerprint density at radius 1 is 1.17 bits per heavy atom. The number of rotatable bonds is 3. The van der Waals surface area contributed by atoms with Gasteiger partial charge in [-0.15, -0.1) is 0 Å². The van der Waals surface area contributed by atoms with E-state index in [9.17, 15) is 9.59 Å². The molecule has 1 unspecified atom stereocenters. The van der Waals surface area contributed by atoms with Gasteiger partial charge >= 0.3 is 6.09 Å². The van der Waals surface area contributed by atoms with E-state index in [2.05, 4.69) is 5.32 Å². The van der Waals surface area contributed by atoms with Gasteiger partial charge < -0.3 is 15.4 Å². The highest BCUT2D eigenvalue weighted by molar-refractivity contribution is 5.86. The van der Waals surface area contributed by atoms with Crippen molar-refractivity contribution in [3.63, 3.8) is 0 Å². The molecule has 1 atom stereocenters. The maximum absolute atomic E-state index is 12.3. The third kappa shape index (κ3) is 4.83. The Balaban J connectivity index is 2.06. The number of nitrogens with zero attached hydrogens (tertiary/aromatic N) is 1. The molecule has 2 fully saturated rings. The van der Waals surface area contributed by atoms with E-state index in [0.717, 1.165) is 19.3 Å². The Kier molecular flexibility index (Phi) is 5.55. The second-order valence-corrected chi connectivity index (χ2v) is 7.93. The average molecular weight is 325 g/mol. The van der Waals surface area contributed by atoms with Gasteiger partial charge in [-0.1, -0.05) is 19.3 Å². The van der Waals surface area contributed by atoms with Gasteiger partial charge in [0.25, 0.3) is 0 Å². The Labute approximate surface area is 139 Å². The van der Waals surface area contributed by atoms with Crippen LogP contribution in [0.1, 0.15) is 65.7 Å². The molecule has 23 heavy (non-hydrogen) atoms. The molecule has 0 bridgehead atoms. The van der Waals surface area contributed by atoms with Crippen molar-refractivity contribution in [2.45, 2.75) is 82.9 Å². The smallest absolute Gasteiger partial charge is 0.410 e. The summed E-state index contributed by atoms with van der Waals surface area (Å²) in [5, 5.41) is 3.49. The van der Waals surface area contributed by atoms with Gasteiger partial charge in [-0.2, -0.15) is 0 Å². The normalized spacial score (nSPS) is 26.8. The summed E-state index contributed by atoms with van der Waals surface area (Å²) in [6.45, 7) is 6.44. The Morgan fingerprint density at radius 2 is 1.83 bits per heavy atom. The maximum atomic E-state index is 12.3. The summed E-state index contributed by atoms with van der Waals surface area (Å²) in [5.41, 5.74) is 4.37. The number of amides is 2. The zero-order valence-electron chi connectivity index (χ0n) is 14.7. The third-order valence-electron chi connectivity index (χ3n) is 4.70. The number of piperidine rings is 1. The SMILES string of the molecule is CC(C)(C)OC(=O)N1CCCC(NC2CCCCC2)(C(N)=O)C1. The van der Waals surface area contributed by atoms with E-state index in [4.69, 9.17) is 10.5 Å². The Hall–Kier alpha value is -1.30. The first kappa shape index (κ1) is 18.0. The largest absolute Gasteiger partial charge is 0.444 e. The standard InChI is InChI=1S/C17H31N3O3/c1-16(2,3)23-15(22)20-11-7-10-17(12-20,14(18)21)19-13-8-5-4-6-9-13/h13,19H,4-12H2,1-3H3,(H2,18,21). The van der Waals surface area contributed by atoms with Gasteiger partial charge in [0.2, 0.25) is 5.91 Å². The van der Waals surface area contributed by atoms with Crippen LogP contribution in [-0.2, 0) is 9.53 Å². The van der Waals surface area contributed by atoms with Crippen molar-refractivity contribution in [1.29, 1.82) is 0 Å². The monoisotopic (exact) mass is 325 g/mol. The van der Waals surface area contributed by atoms with E-state index in [1.54, 1.807) is 4.90 Å². The van der Waals surface area contributed by atoms with E-state index in [1.807, 2.05) is 20.8 Å². The van der Waals surface area contributed by atoms with Crippen LogP contribution in [0, 0.1) is 0 Å². The maximum Gasteiger partial charge on any atom is 0.410 e. The predicted octanol–water partition coefficient (Wildman–Crippen LogP) is 2.16. The molecule has 1 aliphatic carbocycles. The summed E-state index contributed by atoms with van der Waals surface area (Å²) in [7, 11) is 0. The summed E-state index contributed by atoms with van der Waals surface area (Å²) in [5.74, 6) is -0.365. The van der Waals surface area contributed by atoms with Crippen LogP contribution in [0.5, 0.6) is 0 Å². The zero-order valence-corrected chi connectivity index (χ0v) is 14.7. The van der Waals surface area contributed by atoms with Crippen LogP contribution >= 0.6 is 0 Å². The van der Waals surface area contributed by atoms with Gasteiger partial charge in [-0.3, -0.25) is 10.1 Å². The van der Waals surface area contributed by atoms with Crippen molar-refractivity contribution in [2.75, 3.05) is 13.1 Å². The molecule has 0 aromatic heterocycles. The molecule has 0 aromatic rings. The molecule has 2 amide bonds. The minimum atomic E-state index is -0.822. The quantitative estimate of drug-likeness (QED) is 0.833. The summed E-state index contributed by atoms with van der Waals surface area (Å²) in [6.07, 6.45) is 6.83. The zero-order chi connectivity index (χ0) is 17.1. The fraction of sp³-hybridized carbons (Fsp3) is 0.882. The number of carbonyl (C=O) groups excluding carboxylic acids is 2. The van der Waals surface area contributed by atoms with Gasteiger partial charge in [-0.05, 0) is 46.5 Å². The van der Waals surface area contributed by atoms with Crippen LogP contribution in [0.2, 0.25) is 0 Å². The van der Waals surface area contributed by atoms with Crippen LogP contribution in [0.15, 0.2) is 0 Å². The first-order valence-electron chi connectivity index (χ1n) is 8.77. The lowest BCUT2D eigenvalue weighted by Crippen LogP contribution is -2.67. The fourth-order valence-corrected chi connectivity index (χ4v) is 3.57. The van der Waals surface area contributed by atoms with Crippen LogP contribution in [0.4, 0.5) is 4.79 Å². The van der Waals surface area contributed by atoms with Crippen molar-refractivity contribution in [1.82, 2.24) is 10.2 Å². The Bertz CT molecular complexity index is 441. The molecular weight excluding hydrogens is 294 g/mol. The second-order valence-electron chi connectivity index (χ2n) is 7.93.